The molecule has 8 aromatic heterocycles. The maximum Gasteiger partial charge on any atom is 0.0994 e. The van der Waals surface area contributed by atoms with Crippen molar-refractivity contribution in [1.29, 1.82) is 0 Å². The summed E-state index contributed by atoms with van der Waals surface area (Å²) in [7, 11) is 0. The molecule has 0 unspecified atom stereocenters. The van der Waals surface area contributed by atoms with Crippen LogP contribution in [-0.4, -0.2) is 35.5 Å². The molecule has 0 saturated carbocycles. The lowest BCUT2D eigenvalue weighted by Gasteiger charge is -2.17. The standard InChI is InChI=1S/C13H15N.C11H14N2.2C11H13NS.C9H13N.C8H13N/c1-13(2,3)12-8-10-6-4-5-7-11(10)9-14-12;1-11(2,3)10-7-9-5-4-6-13(9)8-12-10;1-11(2,3)10-6-9-8(7-12-10)4-5-13-9;1-11(2,3)10-6-8-4-5-13-9(8)7-12-10;1-9(2,3)8-6-4-5-7-10-8;1-8(2,3)7-5-4-6-9-7/h4-9H,1-3H3;4-8H,1-3H3;2*4-7H,1-3H3;4-7H,1-3H3;5-6H,4H2,1-3H3. The summed E-state index contributed by atoms with van der Waals surface area (Å²) in [5, 5.41) is 9.26. The van der Waals surface area contributed by atoms with Gasteiger partial charge in [-0.1, -0.05) is 161 Å². The maximum atomic E-state index is 4.48. The van der Waals surface area contributed by atoms with Gasteiger partial charge in [-0.3, -0.25) is 24.9 Å². The van der Waals surface area contributed by atoms with Crippen molar-refractivity contribution in [2.75, 3.05) is 0 Å². The highest BCUT2D eigenvalue weighted by Crippen LogP contribution is 2.30. The molecular formula is C63H81N7S2. The molecule has 10 rings (SSSR count). The molecular weight excluding hydrogens is 919 g/mol. The van der Waals surface area contributed by atoms with E-state index in [1.54, 1.807) is 22.7 Å². The fourth-order valence-electron chi connectivity index (χ4n) is 7.06. The lowest BCUT2D eigenvalue weighted by atomic mass is 9.91. The maximum absolute atomic E-state index is 4.48. The Hall–Kier alpha value is -5.90. The number of hydrogen-bond donors (Lipinski definition) is 0. The van der Waals surface area contributed by atoms with Crippen molar-refractivity contribution in [3.8, 4) is 0 Å². The van der Waals surface area contributed by atoms with Crippen LogP contribution >= 0.6 is 22.7 Å². The van der Waals surface area contributed by atoms with E-state index in [0.29, 0.717) is 0 Å². The average molecular weight is 1000 g/mol. The molecule has 7 nitrogen and oxygen atoms in total. The van der Waals surface area contributed by atoms with Crippen LogP contribution in [0.1, 0.15) is 160 Å². The zero-order chi connectivity index (χ0) is 53.1. The van der Waals surface area contributed by atoms with E-state index in [-0.39, 0.29) is 32.5 Å². The third-order valence-corrected chi connectivity index (χ3v) is 13.4. The Bertz CT molecular complexity index is 2960. The SMILES string of the molecule is CC(C)(C)C1=CCC=N1.CC(C)(C)c1cc2ccccc2cn1.CC(C)(C)c1cc2cccn2cn1.CC(C)(C)c1cc2ccsc2cn1.CC(C)(C)c1cc2sccc2cn1.CC(C)(C)c1ccccn1. The summed E-state index contributed by atoms with van der Waals surface area (Å²) in [4.78, 5) is 26.3. The van der Waals surface area contributed by atoms with Gasteiger partial charge >= 0.3 is 0 Å². The first-order valence-electron chi connectivity index (χ1n) is 25.1. The summed E-state index contributed by atoms with van der Waals surface area (Å²) >= 11 is 3.52. The molecule has 0 fully saturated rings. The molecule has 9 heterocycles. The lowest BCUT2D eigenvalue weighted by molar-refractivity contribution is 0.500. The summed E-state index contributed by atoms with van der Waals surface area (Å²) in [6.45, 7) is 39.2. The molecule has 0 aliphatic carbocycles. The van der Waals surface area contributed by atoms with Crippen LogP contribution in [0.5, 0.6) is 0 Å². The second kappa shape index (κ2) is 23.8. The van der Waals surface area contributed by atoms with E-state index in [1.807, 2.05) is 72.2 Å². The molecule has 0 radical (unpaired) electrons. The predicted octanol–water partition coefficient (Wildman–Crippen LogP) is 18.1. The molecule has 0 atom stereocenters. The van der Waals surface area contributed by atoms with Gasteiger partial charge in [-0.05, 0) is 82.2 Å². The Morgan fingerprint density at radius 1 is 0.417 bits per heavy atom. The van der Waals surface area contributed by atoms with E-state index < -0.39 is 0 Å². The molecule has 0 bridgehead atoms. The Labute approximate surface area is 440 Å². The van der Waals surface area contributed by atoms with Gasteiger partial charge in [0.1, 0.15) is 0 Å². The zero-order valence-electron chi connectivity index (χ0n) is 46.6. The summed E-state index contributed by atoms with van der Waals surface area (Å²) < 4.78 is 4.63. The minimum absolute atomic E-state index is 0.129. The van der Waals surface area contributed by atoms with E-state index in [9.17, 15) is 0 Å². The Balaban J connectivity index is 0.000000161. The van der Waals surface area contributed by atoms with E-state index in [4.69, 9.17) is 0 Å². The van der Waals surface area contributed by atoms with Gasteiger partial charge in [-0.2, -0.15) is 0 Å². The number of hydrogen-bond acceptors (Lipinski definition) is 8. The minimum Gasteiger partial charge on any atom is -0.308 e. The quantitative estimate of drug-likeness (QED) is 0.151. The minimum atomic E-state index is 0.129. The molecule has 1 aliphatic heterocycles. The Morgan fingerprint density at radius 3 is 1.46 bits per heavy atom. The molecule has 9 heteroatoms. The first kappa shape index (κ1) is 57.0. The zero-order valence-corrected chi connectivity index (χ0v) is 48.2. The van der Waals surface area contributed by atoms with Crippen LogP contribution in [0, 0.1) is 5.41 Å². The molecule has 1 aromatic carbocycles. The van der Waals surface area contributed by atoms with Gasteiger partial charge in [-0.15, -0.1) is 22.7 Å². The predicted molar refractivity (Wildman–Crippen MR) is 315 cm³/mol. The highest BCUT2D eigenvalue weighted by Gasteiger charge is 2.19. The second-order valence-electron chi connectivity index (χ2n) is 24.4. The fourth-order valence-corrected chi connectivity index (χ4v) is 8.59. The van der Waals surface area contributed by atoms with Crippen LogP contribution in [0.3, 0.4) is 0 Å². The summed E-state index contributed by atoms with van der Waals surface area (Å²) in [5.74, 6) is 0. The van der Waals surface area contributed by atoms with E-state index in [1.165, 1.54) is 53.5 Å². The van der Waals surface area contributed by atoms with Crippen LogP contribution in [0.15, 0.2) is 156 Å². The van der Waals surface area contributed by atoms with Crippen molar-refractivity contribution in [2.45, 2.75) is 158 Å². The van der Waals surface area contributed by atoms with Crippen LogP contribution in [0.25, 0.3) is 36.5 Å². The number of nitrogens with zero attached hydrogens (tertiary/aromatic N) is 7. The van der Waals surface area contributed by atoms with E-state index in [0.717, 1.165) is 23.5 Å². The molecule has 0 saturated heterocycles. The monoisotopic (exact) mass is 1000 g/mol. The van der Waals surface area contributed by atoms with Gasteiger partial charge in [0.05, 0.1) is 11.0 Å². The van der Waals surface area contributed by atoms with Crippen LogP contribution in [0.2, 0.25) is 0 Å². The van der Waals surface area contributed by atoms with Crippen LogP contribution in [-0.2, 0) is 27.1 Å². The molecule has 72 heavy (non-hydrogen) atoms. The molecule has 9 aromatic rings. The molecule has 1 aliphatic rings. The Morgan fingerprint density at radius 2 is 0.931 bits per heavy atom. The summed E-state index contributed by atoms with van der Waals surface area (Å²) in [6.07, 6.45) is 16.8. The number of fused-ring (bicyclic) bond motifs is 4. The summed E-state index contributed by atoms with van der Waals surface area (Å²) in [6, 6.07) is 31.4. The third-order valence-electron chi connectivity index (χ3n) is 11.6. The van der Waals surface area contributed by atoms with Gasteiger partial charge in [-0.25, -0.2) is 4.98 Å². The van der Waals surface area contributed by atoms with Crippen LogP contribution < -0.4 is 0 Å². The first-order valence-corrected chi connectivity index (χ1v) is 26.9. The topological polar surface area (TPSA) is 81.2 Å². The fraction of sp³-hybridized carbons (Fsp3) is 0.397. The largest absolute Gasteiger partial charge is 0.308 e. The highest BCUT2D eigenvalue weighted by atomic mass is 32.1. The number of thiophene rings is 2. The smallest absolute Gasteiger partial charge is 0.0994 e. The highest BCUT2D eigenvalue weighted by molar-refractivity contribution is 7.17. The van der Waals surface area contributed by atoms with Crippen molar-refractivity contribution in [2.24, 2.45) is 10.4 Å². The van der Waals surface area contributed by atoms with Crippen molar-refractivity contribution in [3.05, 3.63) is 179 Å². The van der Waals surface area contributed by atoms with E-state index in [2.05, 4.69) is 238 Å². The van der Waals surface area contributed by atoms with Crippen molar-refractivity contribution in [1.82, 2.24) is 29.3 Å². The van der Waals surface area contributed by atoms with Gasteiger partial charge in [0.2, 0.25) is 0 Å². The van der Waals surface area contributed by atoms with Gasteiger partial charge < -0.3 is 4.40 Å². The van der Waals surface area contributed by atoms with E-state index >= 15 is 0 Å². The van der Waals surface area contributed by atoms with Crippen LogP contribution in [0.4, 0.5) is 0 Å². The number of pyridine rings is 4. The first-order chi connectivity index (χ1) is 33.5. The van der Waals surface area contributed by atoms with Crippen molar-refractivity contribution >= 4 is 65.3 Å². The molecule has 0 N–H and O–H groups in total. The van der Waals surface area contributed by atoms with Crippen molar-refractivity contribution < 1.29 is 0 Å². The normalized spacial score (nSPS) is 12.8. The number of rotatable bonds is 0. The van der Waals surface area contributed by atoms with Gasteiger partial charge in [0.15, 0.2) is 0 Å². The molecule has 0 amide bonds. The molecule has 380 valence electrons. The van der Waals surface area contributed by atoms with Gasteiger partial charge in [0.25, 0.3) is 0 Å². The average Bonchev–Trinajstić information content (AvgIpc) is 4.16. The van der Waals surface area contributed by atoms with Crippen molar-refractivity contribution in [3.63, 3.8) is 0 Å². The number of benzene rings is 1. The third kappa shape index (κ3) is 17.1. The lowest BCUT2D eigenvalue weighted by Crippen LogP contribution is -2.13. The summed E-state index contributed by atoms with van der Waals surface area (Å²) in [5.41, 5.74) is 9.19. The Kier molecular flexibility index (Phi) is 18.8. The van der Waals surface area contributed by atoms with Gasteiger partial charge in [0, 0.05) is 131 Å². The molecule has 0 spiro atoms. The number of aromatic nitrogens is 6. The second-order valence-corrected chi connectivity index (χ2v) is 26.3. The number of aliphatic imine (C=N–C) groups is 1. The number of allylic oxidation sites excluding steroid dienone is 2.